The van der Waals surface area contributed by atoms with Gasteiger partial charge in [-0.15, -0.1) is 0 Å². The Balaban J connectivity index is 0.000000478. The van der Waals surface area contributed by atoms with Crippen LogP contribution in [0.25, 0.3) is 0 Å². The highest BCUT2D eigenvalue weighted by Gasteiger charge is 2.59. The summed E-state index contributed by atoms with van der Waals surface area (Å²) in [6, 6.07) is 0. The number of carbonyl (C=O) groups excluding carboxylic acids is 1. The van der Waals surface area contributed by atoms with Crippen LogP contribution < -0.4 is 0 Å². The predicted molar refractivity (Wildman–Crippen MR) is 115 cm³/mol. The van der Waals surface area contributed by atoms with E-state index < -0.39 is 0 Å². The molecular formula is C24H41ClO2. The molecule has 4 aliphatic rings. The van der Waals surface area contributed by atoms with Crippen molar-refractivity contribution in [3.63, 3.8) is 0 Å². The van der Waals surface area contributed by atoms with E-state index in [-0.39, 0.29) is 22.7 Å². The first-order valence-electron chi connectivity index (χ1n) is 11.4. The van der Waals surface area contributed by atoms with Crippen molar-refractivity contribution in [2.24, 2.45) is 28.6 Å². The fourth-order valence-electron chi connectivity index (χ4n) is 6.62. The summed E-state index contributed by atoms with van der Waals surface area (Å²) in [5, 5.41) is 11.0. The molecular weight excluding hydrogens is 356 g/mol. The van der Waals surface area contributed by atoms with Gasteiger partial charge < -0.3 is 5.11 Å². The van der Waals surface area contributed by atoms with Crippen LogP contribution in [0, 0.1) is 28.6 Å². The van der Waals surface area contributed by atoms with Crippen LogP contribution >= 0.6 is 11.6 Å². The third-order valence-electron chi connectivity index (χ3n) is 8.00. The van der Waals surface area contributed by atoms with Crippen molar-refractivity contribution in [3.05, 3.63) is 10.6 Å². The zero-order valence-corrected chi connectivity index (χ0v) is 19.2. The quantitative estimate of drug-likeness (QED) is 0.484. The van der Waals surface area contributed by atoms with Crippen molar-refractivity contribution in [1.29, 1.82) is 0 Å². The summed E-state index contributed by atoms with van der Waals surface area (Å²) >= 11 is 6.41. The average Bonchev–Trinajstić information content (AvgIpc) is 2.96. The monoisotopic (exact) mass is 396 g/mol. The van der Waals surface area contributed by atoms with Gasteiger partial charge in [0.15, 0.2) is 5.78 Å². The van der Waals surface area contributed by atoms with Gasteiger partial charge >= 0.3 is 0 Å². The van der Waals surface area contributed by atoms with E-state index in [4.69, 9.17) is 11.6 Å². The summed E-state index contributed by atoms with van der Waals surface area (Å²) in [7, 11) is 0. The van der Waals surface area contributed by atoms with E-state index in [0.29, 0.717) is 29.2 Å². The largest absolute Gasteiger partial charge is 0.393 e. The molecule has 0 aromatic rings. The maximum Gasteiger partial charge on any atom is 0.174 e. The predicted octanol–water partition coefficient (Wildman–Crippen LogP) is 6.89. The molecule has 3 fully saturated rings. The number of rotatable bonds is 0. The Morgan fingerprint density at radius 3 is 2.26 bits per heavy atom. The SMILES string of the molecule is CC.CC12CCC(=O)C(Cl)=C1CCC1C2CCC2(C)C(O)CCC12.CCC. The molecule has 4 rings (SSSR count). The number of aliphatic hydroxyl groups is 1. The minimum Gasteiger partial charge on any atom is -0.393 e. The minimum absolute atomic E-state index is 0.111. The van der Waals surface area contributed by atoms with Gasteiger partial charge in [-0.05, 0) is 79.1 Å². The number of ketones is 1. The van der Waals surface area contributed by atoms with E-state index in [9.17, 15) is 9.90 Å². The molecule has 0 aromatic carbocycles. The van der Waals surface area contributed by atoms with Crippen LogP contribution in [0.2, 0.25) is 0 Å². The van der Waals surface area contributed by atoms with Gasteiger partial charge in [0.2, 0.25) is 0 Å². The zero-order valence-electron chi connectivity index (χ0n) is 18.4. The molecule has 0 amide bonds. The van der Waals surface area contributed by atoms with Crippen LogP contribution in [-0.4, -0.2) is 17.0 Å². The molecule has 3 heteroatoms. The summed E-state index contributed by atoms with van der Waals surface area (Å²) in [4.78, 5) is 12.0. The highest BCUT2D eigenvalue weighted by Crippen LogP contribution is 2.65. The van der Waals surface area contributed by atoms with Crippen LogP contribution in [0.1, 0.15) is 99.3 Å². The van der Waals surface area contributed by atoms with Crippen molar-refractivity contribution in [2.45, 2.75) is 105 Å². The number of hydrogen-bond acceptors (Lipinski definition) is 2. The highest BCUT2D eigenvalue weighted by molar-refractivity contribution is 6.43. The molecule has 0 heterocycles. The third-order valence-corrected chi connectivity index (χ3v) is 8.44. The summed E-state index contributed by atoms with van der Waals surface area (Å²) in [5.41, 5.74) is 1.52. The van der Waals surface area contributed by atoms with Gasteiger partial charge in [-0.3, -0.25) is 4.79 Å². The average molecular weight is 397 g/mol. The normalized spacial score (nSPS) is 42.7. The number of carbonyl (C=O) groups is 1. The van der Waals surface area contributed by atoms with Crippen molar-refractivity contribution in [1.82, 2.24) is 0 Å². The number of halogens is 1. The lowest BCUT2D eigenvalue weighted by atomic mass is 9.47. The van der Waals surface area contributed by atoms with Crippen molar-refractivity contribution in [3.8, 4) is 0 Å². The van der Waals surface area contributed by atoms with Crippen LogP contribution in [0.5, 0.6) is 0 Å². The second kappa shape index (κ2) is 8.99. The van der Waals surface area contributed by atoms with Crippen molar-refractivity contribution in [2.75, 3.05) is 0 Å². The fraction of sp³-hybridized carbons (Fsp3) is 0.875. The van der Waals surface area contributed by atoms with Crippen LogP contribution in [0.3, 0.4) is 0 Å². The maximum absolute atomic E-state index is 12.0. The standard InChI is InChI=1S/C19H27ClO2.C3H8.C2H6/c1-18-10-8-15(21)17(20)14(18)4-3-11-12-5-6-16(22)19(12,2)9-7-13(11)18;1-3-2;1-2/h11-13,16,22H,3-10H2,1-2H3;3H2,1-2H3;1-2H3. The molecule has 0 spiro atoms. The van der Waals surface area contributed by atoms with Gasteiger partial charge in [-0.1, -0.05) is 59.6 Å². The Morgan fingerprint density at radius 1 is 1.00 bits per heavy atom. The molecule has 0 saturated heterocycles. The number of Topliss-reactive ketones (excluding diaryl/α,β-unsaturated/α-hetero) is 1. The second-order valence-corrected chi connectivity index (χ2v) is 9.77. The highest BCUT2D eigenvalue weighted by atomic mass is 35.5. The third kappa shape index (κ3) is 3.78. The molecule has 4 aliphatic carbocycles. The van der Waals surface area contributed by atoms with Crippen LogP contribution in [-0.2, 0) is 4.79 Å². The van der Waals surface area contributed by atoms with Gasteiger partial charge in [0.1, 0.15) is 0 Å². The van der Waals surface area contributed by atoms with Gasteiger partial charge in [-0.25, -0.2) is 0 Å². The van der Waals surface area contributed by atoms with E-state index in [0.717, 1.165) is 32.1 Å². The summed E-state index contributed by atoms with van der Waals surface area (Å²) in [6.45, 7) is 12.9. The maximum atomic E-state index is 12.0. The van der Waals surface area contributed by atoms with Crippen molar-refractivity contribution < 1.29 is 9.90 Å². The number of allylic oxidation sites excluding steroid dienone is 1. The van der Waals surface area contributed by atoms with E-state index >= 15 is 0 Å². The Bertz CT molecular complexity index is 569. The van der Waals surface area contributed by atoms with E-state index in [2.05, 4.69) is 27.7 Å². The fourth-order valence-corrected chi connectivity index (χ4v) is 7.03. The lowest BCUT2D eigenvalue weighted by molar-refractivity contribution is -0.118. The van der Waals surface area contributed by atoms with Crippen LogP contribution in [0.15, 0.2) is 10.6 Å². The molecule has 3 saturated carbocycles. The number of aliphatic hydroxyl groups excluding tert-OH is 1. The van der Waals surface area contributed by atoms with Gasteiger partial charge in [0.05, 0.1) is 11.1 Å². The Hall–Kier alpha value is -0.340. The molecule has 0 aromatic heterocycles. The summed E-state index contributed by atoms with van der Waals surface area (Å²) in [6.07, 6.45) is 9.36. The Labute approximate surface area is 172 Å². The lowest BCUT2D eigenvalue weighted by Crippen LogP contribution is -2.51. The van der Waals surface area contributed by atoms with Gasteiger partial charge in [-0.2, -0.15) is 0 Å². The zero-order chi connectivity index (χ0) is 20.4. The first kappa shape index (κ1) is 22.9. The van der Waals surface area contributed by atoms with E-state index in [1.165, 1.54) is 24.8 Å². The van der Waals surface area contributed by atoms with Gasteiger partial charge in [0, 0.05) is 6.42 Å². The first-order valence-corrected chi connectivity index (χ1v) is 11.8. The second-order valence-electron chi connectivity index (χ2n) is 9.39. The molecule has 27 heavy (non-hydrogen) atoms. The molecule has 2 nitrogen and oxygen atoms in total. The molecule has 6 atom stereocenters. The van der Waals surface area contributed by atoms with E-state index in [1.807, 2.05) is 13.8 Å². The number of fused-ring (bicyclic) bond motifs is 5. The Kier molecular flexibility index (Phi) is 7.64. The van der Waals surface area contributed by atoms with Crippen molar-refractivity contribution >= 4 is 17.4 Å². The van der Waals surface area contributed by atoms with Gasteiger partial charge in [0.25, 0.3) is 0 Å². The molecule has 1 N–H and O–H groups in total. The molecule has 6 unspecified atom stereocenters. The number of hydrogen-bond donors (Lipinski definition) is 1. The smallest absolute Gasteiger partial charge is 0.174 e. The van der Waals surface area contributed by atoms with Crippen LogP contribution in [0.4, 0.5) is 0 Å². The molecule has 0 aliphatic heterocycles. The molecule has 0 radical (unpaired) electrons. The Morgan fingerprint density at radius 2 is 1.63 bits per heavy atom. The minimum atomic E-state index is -0.111. The van der Waals surface area contributed by atoms with E-state index in [1.54, 1.807) is 0 Å². The first-order chi connectivity index (χ1) is 12.8. The summed E-state index contributed by atoms with van der Waals surface area (Å²) in [5.74, 6) is 2.18. The summed E-state index contributed by atoms with van der Waals surface area (Å²) < 4.78 is 0. The topological polar surface area (TPSA) is 37.3 Å². The molecule has 0 bridgehead atoms. The lowest BCUT2D eigenvalue weighted by Gasteiger charge is -2.57. The molecule has 156 valence electrons.